The molecule has 25 heavy (non-hydrogen) atoms. The number of nitrogens with one attached hydrogen (secondary N) is 1. The van der Waals surface area contributed by atoms with E-state index >= 15 is 0 Å². The maximum Gasteiger partial charge on any atom is 0.115 e. The first kappa shape index (κ1) is 19.3. The molecular formula is C23H31NO. The van der Waals surface area contributed by atoms with Gasteiger partial charge in [0, 0.05) is 5.92 Å². The minimum atomic E-state index is 0.362. The van der Waals surface area contributed by atoms with Crippen molar-refractivity contribution in [2.24, 2.45) is 0 Å². The topological polar surface area (TPSA) is 32.3 Å². The third-order valence-electron chi connectivity index (χ3n) is 4.69. The second-order valence-corrected chi connectivity index (χ2v) is 6.64. The Labute approximate surface area is 152 Å². The zero-order valence-electron chi connectivity index (χ0n) is 15.4. The standard InChI is InChI=1S/C13H16O.C10H15N/c1-10-5-2-3-8-13(10)11-6-4-7-12(14)9-11;1-2-11-9-8-10-6-4-3-5-7-10/h4,6-7,9,13-14H,1-3,5,8H2;3-7,11H,2,8-9H2,1H3. The zero-order chi connectivity index (χ0) is 17.9. The van der Waals surface area contributed by atoms with Gasteiger partial charge in [-0.1, -0.05) is 68.0 Å². The lowest BCUT2D eigenvalue weighted by Gasteiger charge is -2.24. The summed E-state index contributed by atoms with van der Waals surface area (Å²) in [6, 6.07) is 18.1. The van der Waals surface area contributed by atoms with Gasteiger partial charge in [-0.05, 0) is 62.0 Å². The lowest BCUT2D eigenvalue weighted by molar-refractivity contribution is 0.472. The molecule has 0 aromatic heterocycles. The molecule has 1 aliphatic rings. The monoisotopic (exact) mass is 337 g/mol. The first-order valence-electron chi connectivity index (χ1n) is 9.42. The van der Waals surface area contributed by atoms with Crippen LogP contribution in [0.1, 0.15) is 49.7 Å². The molecule has 1 fully saturated rings. The van der Waals surface area contributed by atoms with E-state index in [1.54, 1.807) is 6.07 Å². The molecule has 1 saturated carbocycles. The summed E-state index contributed by atoms with van der Waals surface area (Å²) in [5.41, 5.74) is 3.95. The van der Waals surface area contributed by atoms with Crippen LogP contribution in [0.25, 0.3) is 0 Å². The normalized spacial score (nSPS) is 16.8. The minimum absolute atomic E-state index is 0.362. The molecule has 0 saturated heterocycles. The summed E-state index contributed by atoms with van der Waals surface area (Å²) in [5, 5.41) is 12.7. The van der Waals surface area contributed by atoms with Crippen LogP contribution in [0.15, 0.2) is 66.7 Å². The molecule has 0 aliphatic heterocycles. The van der Waals surface area contributed by atoms with E-state index in [0.29, 0.717) is 11.7 Å². The van der Waals surface area contributed by atoms with Crippen LogP contribution in [0.4, 0.5) is 0 Å². The van der Waals surface area contributed by atoms with Crippen LogP contribution in [-0.2, 0) is 6.42 Å². The van der Waals surface area contributed by atoms with Crippen molar-refractivity contribution in [3.05, 3.63) is 77.9 Å². The highest BCUT2D eigenvalue weighted by Crippen LogP contribution is 2.36. The van der Waals surface area contributed by atoms with Crippen LogP contribution >= 0.6 is 0 Å². The van der Waals surface area contributed by atoms with E-state index in [1.807, 2.05) is 12.1 Å². The van der Waals surface area contributed by atoms with Gasteiger partial charge in [0.05, 0.1) is 0 Å². The number of allylic oxidation sites excluding steroid dienone is 1. The molecule has 0 bridgehead atoms. The fraction of sp³-hybridized carbons (Fsp3) is 0.391. The molecule has 1 atom stereocenters. The van der Waals surface area contributed by atoms with Crippen molar-refractivity contribution in [3.63, 3.8) is 0 Å². The number of likely N-dealkylation sites (N-methyl/N-ethyl adjacent to an activating group) is 1. The third-order valence-corrected chi connectivity index (χ3v) is 4.69. The Morgan fingerprint density at radius 1 is 1.08 bits per heavy atom. The highest BCUT2D eigenvalue weighted by atomic mass is 16.3. The summed E-state index contributed by atoms with van der Waals surface area (Å²) in [7, 11) is 0. The van der Waals surface area contributed by atoms with Crippen molar-refractivity contribution in [3.8, 4) is 5.75 Å². The van der Waals surface area contributed by atoms with E-state index < -0.39 is 0 Å². The molecule has 2 nitrogen and oxygen atoms in total. The Morgan fingerprint density at radius 3 is 2.56 bits per heavy atom. The summed E-state index contributed by atoms with van der Waals surface area (Å²) >= 11 is 0. The number of hydrogen-bond acceptors (Lipinski definition) is 2. The van der Waals surface area contributed by atoms with Gasteiger partial charge in [0.25, 0.3) is 0 Å². The molecule has 0 amide bonds. The largest absolute Gasteiger partial charge is 0.508 e. The first-order chi connectivity index (χ1) is 12.2. The van der Waals surface area contributed by atoms with Crippen LogP contribution in [-0.4, -0.2) is 18.2 Å². The second kappa shape index (κ2) is 10.7. The molecule has 0 heterocycles. The lowest BCUT2D eigenvalue weighted by atomic mass is 9.81. The molecule has 2 aromatic carbocycles. The van der Waals surface area contributed by atoms with Crippen LogP contribution < -0.4 is 5.32 Å². The summed E-state index contributed by atoms with van der Waals surface area (Å²) in [5.74, 6) is 0.830. The fourth-order valence-corrected chi connectivity index (χ4v) is 3.28. The smallest absolute Gasteiger partial charge is 0.115 e. The van der Waals surface area contributed by atoms with Crippen LogP contribution in [0.2, 0.25) is 0 Å². The van der Waals surface area contributed by atoms with Gasteiger partial charge >= 0.3 is 0 Å². The zero-order valence-corrected chi connectivity index (χ0v) is 15.4. The number of hydrogen-bond donors (Lipinski definition) is 2. The van der Waals surface area contributed by atoms with Gasteiger partial charge in [-0.2, -0.15) is 0 Å². The van der Waals surface area contributed by atoms with E-state index in [9.17, 15) is 5.11 Å². The fourth-order valence-electron chi connectivity index (χ4n) is 3.28. The van der Waals surface area contributed by atoms with Crippen LogP contribution in [0.3, 0.4) is 0 Å². The average molecular weight is 338 g/mol. The van der Waals surface area contributed by atoms with Gasteiger partial charge < -0.3 is 10.4 Å². The number of benzene rings is 2. The number of aromatic hydroxyl groups is 1. The van der Waals surface area contributed by atoms with E-state index in [-0.39, 0.29) is 0 Å². The predicted molar refractivity (Wildman–Crippen MR) is 107 cm³/mol. The number of phenolic OH excluding ortho intramolecular Hbond substituents is 1. The molecular weight excluding hydrogens is 306 g/mol. The molecule has 2 aromatic rings. The molecule has 1 unspecified atom stereocenters. The van der Waals surface area contributed by atoms with Crippen molar-refractivity contribution < 1.29 is 5.11 Å². The van der Waals surface area contributed by atoms with Crippen molar-refractivity contribution in [1.29, 1.82) is 0 Å². The minimum Gasteiger partial charge on any atom is -0.508 e. The summed E-state index contributed by atoms with van der Waals surface area (Å²) < 4.78 is 0. The lowest BCUT2D eigenvalue weighted by Crippen LogP contribution is -2.15. The number of phenols is 1. The van der Waals surface area contributed by atoms with E-state index in [4.69, 9.17) is 0 Å². The summed E-state index contributed by atoms with van der Waals surface area (Å²) in [4.78, 5) is 0. The molecule has 134 valence electrons. The van der Waals surface area contributed by atoms with E-state index in [1.165, 1.54) is 36.0 Å². The molecule has 2 heteroatoms. The predicted octanol–water partition coefficient (Wildman–Crippen LogP) is 5.44. The highest BCUT2D eigenvalue weighted by Gasteiger charge is 2.18. The maximum absolute atomic E-state index is 9.40. The molecule has 0 radical (unpaired) electrons. The Bertz CT molecular complexity index is 636. The van der Waals surface area contributed by atoms with Gasteiger partial charge in [0.1, 0.15) is 5.75 Å². The Morgan fingerprint density at radius 2 is 1.88 bits per heavy atom. The van der Waals surface area contributed by atoms with Crippen molar-refractivity contribution in [1.82, 2.24) is 5.32 Å². The third kappa shape index (κ3) is 6.75. The molecule has 0 spiro atoms. The summed E-state index contributed by atoms with van der Waals surface area (Å²) in [6.45, 7) is 8.40. The van der Waals surface area contributed by atoms with Crippen LogP contribution in [0.5, 0.6) is 5.75 Å². The van der Waals surface area contributed by atoms with Crippen LogP contribution in [0, 0.1) is 0 Å². The van der Waals surface area contributed by atoms with Crippen molar-refractivity contribution in [2.45, 2.75) is 44.9 Å². The Balaban J connectivity index is 0.000000186. The SMILES string of the molecule is C=C1CCCCC1c1cccc(O)c1.CCNCCc1ccccc1. The first-order valence-corrected chi connectivity index (χ1v) is 9.42. The van der Waals surface area contributed by atoms with Gasteiger partial charge in [0.15, 0.2) is 0 Å². The van der Waals surface area contributed by atoms with Gasteiger partial charge in [-0.15, -0.1) is 0 Å². The quantitative estimate of drug-likeness (QED) is 0.562. The van der Waals surface area contributed by atoms with E-state index in [0.717, 1.165) is 25.9 Å². The van der Waals surface area contributed by atoms with Gasteiger partial charge in [-0.3, -0.25) is 0 Å². The Hall–Kier alpha value is -2.06. The van der Waals surface area contributed by atoms with Crippen molar-refractivity contribution in [2.75, 3.05) is 13.1 Å². The molecule has 1 aliphatic carbocycles. The maximum atomic E-state index is 9.40. The number of rotatable bonds is 5. The Kier molecular flexibility index (Phi) is 8.27. The second-order valence-electron chi connectivity index (χ2n) is 6.64. The molecule has 3 rings (SSSR count). The van der Waals surface area contributed by atoms with Gasteiger partial charge in [0.2, 0.25) is 0 Å². The summed E-state index contributed by atoms with van der Waals surface area (Å²) in [6.07, 6.45) is 6.00. The van der Waals surface area contributed by atoms with Crippen molar-refractivity contribution >= 4 is 0 Å². The molecule has 2 N–H and O–H groups in total. The highest BCUT2D eigenvalue weighted by molar-refractivity contribution is 5.34. The average Bonchev–Trinajstić information content (AvgIpc) is 2.64. The van der Waals surface area contributed by atoms with E-state index in [2.05, 4.69) is 55.2 Å². The van der Waals surface area contributed by atoms with Gasteiger partial charge in [-0.25, -0.2) is 0 Å².